The fraction of sp³-hybridized carbons (Fsp3) is 0.400. The molecule has 0 saturated carbocycles. The molecule has 1 aromatic carbocycles. The molecule has 3 nitrogen and oxygen atoms in total. The van der Waals surface area contributed by atoms with Crippen molar-refractivity contribution in [2.45, 2.75) is 32.6 Å². The van der Waals surface area contributed by atoms with Crippen molar-refractivity contribution in [1.82, 2.24) is 9.78 Å². The monoisotopic (exact) mass is 311 g/mol. The Morgan fingerprint density at radius 1 is 1.30 bits per heavy atom. The first-order valence-corrected chi connectivity index (χ1v) is 7.32. The minimum atomic E-state index is -0.0757. The topological polar surface area (TPSA) is 43.8 Å². The maximum absolute atomic E-state index is 6.33. The Morgan fingerprint density at radius 3 is 2.50 bits per heavy atom. The van der Waals surface area contributed by atoms with E-state index in [0.29, 0.717) is 15.9 Å². The highest BCUT2D eigenvalue weighted by molar-refractivity contribution is 6.36. The van der Waals surface area contributed by atoms with E-state index in [1.165, 1.54) is 0 Å². The minimum absolute atomic E-state index is 0.0757. The predicted octanol–water partition coefficient (Wildman–Crippen LogP) is 4.66. The highest BCUT2D eigenvalue weighted by atomic mass is 35.5. The van der Waals surface area contributed by atoms with E-state index in [-0.39, 0.29) is 5.41 Å². The summed E-state index contributed by atoms with van der Waals surface area (Å²) < 4.78 is 1.70. The molecule has 0 aliphatic carbocycles. The Morgan fingerprint density at radius 2 is 1.95 bits per heavy atom. The van der Waals surface area contributed by atoms with Gasteiger partial charge in [0.25, 0.3) is 0 Å². The van der Waals surface area contributed by atoms with Crippen molar-refractivity contribution in [3.8, 4) is 11.1 Å². The molecule has 0 bridgehead atoms. The van der Waals surface area contributed by atoms with Gasteiger partial charge in [-0.15, -0.1) is 0 Å². The largest absolute Gasteiger partial charge is 0.383 e. The standard InChI is InChI=1S/C15H19Cl2N3/c1-5-15(2,3)13-12(14(18)20(4)19-13)10-7-6-9(16)8-11(10)17/h6-8H,5,18H2,1-4H3. The van der Waals surface area contributed by atoms with Crippen molar-refractivity contribution >= 4 is 29.0 Å². The van der Waals surface area contributed by atoms with Crippen LogP contribution >= 0.6 is 23.2 Å². The molecule has 0 aliphatic heterocycles. The van der Waals surface area contributed by atoms with Crippen LogP contribution in [0.15, 0.2) is 18.2 Å². The van der Waals surface area contributed by atoms with E-state index in [1.807, 2.05) is 19.2 Å². The van der Waals surface area contributed by atoms with Crippen molar-refractivity contribution in [1.29, 1.82) is 0 Å². The van der Waals surface area contributed by atoms with E-state index in [1.54, 1.807) is 10.7 Å². The summed E-state index contributed by atoms with van der Waals surface area (Å²) in [5.74, 6) is 0.616. The maximum atomic E-state index is 6.33. The number of hydrogen-bond donors (Lipinski definition) is 1. The van der Waals surface area contributed by atoms with Crippen LogP contribution in [-0.2, 0) is 12.5 Å². The Kier molecular flexibility index (Phi) is 4.03. The van der Waals surface area contributed by atoms with Crippen LogP contribution in [0.5, 0.6) is 0 Å². The van der Waals surface area contributed by atoms with Gasteiger partial charge in [-0.2, -0.15) is 5.10 Å². The third-order valence-electron chi connectivity index (χ3n) is 3.82. The van der Waals surface area contributed by atoms with Crippen LogP contribution < -0.4 is 5.73 Å². The van der Waals surface area contributed by atoms with Crippen molar-refractivity contribution in [3.63, 3.8) is 0 Å². The first-order chi connectivity index (χ1) is 9.27. The fourth-order valence-electron chi connectivity index (χ4n) is 2.14. The van der Waals surface area contributed by atoms with Crippen LogP contribution in [-0.4, -0.2) is 9.78 Å². The number of anilines is 1. The molecule has 0 fully saturated rings. The molecule has 20 heavy (non-hydrogen) atoms. The van der Waals surface area contributed by atoms with Gasteiger partial charge in [0.2, 0.25) is 0 Å². The van der Waals surface area contributed by atoms with Gasteiger partial charge in [0.05, 0.1) is 10.7 Å². The number of hydrogen-bond acceptors (Lipinski definition) is 2. The van der Waals surface area contributed by atoms with Crippen LogP contribution in [0.25, 0.3) is 11.1 Å². The summed E-state index contributed by atoms with van der Waals surface area (Å²) in [6.07, 6.45) is 0.960. The average molecular weight is 312 g/mol. The van der Waals surface area contributed by atoms with Crippen molar-refractivity contribution in [3.05, 3.63) is 33.9 Å². The summed E-state index contributed by atoms with van der Waals surface area (Å²) in [6.45, 7) is 6.45. The zero-order valence-electron chi connectivity index (χ0n) is 12.2. The average Bonchev–Trinajstić information content (AvgIpc) is 2.67. The van der Waals surface area contributed by atoms with Gasteiger partial charge in [-0.1, -0.05) is 50.0 Å². The zero-order valence-corrected chi connectivity index (χ0v) is 13.7. The van der Waals surface area contributed by atoms with E-state index < -0.39 is 0 Å². The number of halogens is 2. The molecule has 108 valence electrons. The van der Waals surface area contributed by atoms with Crippen LogP contribution in [0.2, 0.25) is 10.0 Å². The van der Waals surface area contributed by atoms with E-state index in [0.717, 1.165) is 23.2 Å². The first-order valence-electron chi connectivity index (χ1n) is 6.56. The molecule has 0 spiro atoms. The number of nitrogens with zero attached hydrogens (tertiary/aromatic N) is 2. The SMILES string of the molecule is CCC(C)(C)c1nn(C)c(N)c1-c1ccc(Cl)cc1Cl. The number of aryl methyl sites for hydroxylation is 1. The third-order valence-corrected chi connectivity index (χ3v) is 4.36. The second-order valence-electron chi connectivity index (χ2n) is 5.59. The van der Waals surface area contributed by atoms with E-state index in [2.05, 4.69) is 25.9 Å². The normalized spacial score (nSPS) is 11.9. The van der Waals surface area contributed by atoms with Gasteiger partial charge in [0.15, 0.2) is 0 Å². The summed E-state index contributed by atoms with van der Waals surface area (Å²) in [4.78, 5) is 0. The summed E-state index contributed by atoms with van der Waals surface area (Å²) in [5.41, 5.74) is 8.87. The molecular weight excluding hydrogens is 293 g/mol. The Hall–Kier alpha value is -1.19. The van der Waals surface area contributed by atoms with Gasteiger partial charge in [0.1, 0.15) is 5.82 Å². The van der Waals surface area contributed by atoms with Gasteiger partial charge in [0, 0.05) is 28.6 Å². The van der Waals surface area contributed by atoms with E-state index in [9.17, 15) is 0 Å². The molecular formula is C15H19Cl2N3. The Labute approximate surface area is 129 Å². The molecule has 0 radical (unpaired) electrons. The number of aromatic nitrogens is 2. The second-order valence-corrected chi connectivity index (χ2v) is 6.44. The molecule has 0 atom stereocenters. The van der Waals surface area contributed by atoms with E-state index in [4.69, 9.17) is 28.9 Å². The van der Waals surface area contributed by atoms with Crippen LogP contribution in [0.1, 0.15) is 32.9 Å². The molecule has 0 saturated heterocycles. The maximum Gasteiger partial charge on any atom is 0.129 e. The predicted molar refractivity (Wildman–Crippen MR) is 86.4 cm³/mol. The highest BCUT2D eigenvalue weighted by Gasteiger charge is 2.29. The van der Waals surface area contributed by atoms with E-state index >= 15 is 0 Å². The van der Waals surface area contributed by atoms with Crippen molar-refractivity contribution in [2.24, 2.45) is 7.05 Å². The molecule has 2 rings (SSSR count). The van der Waals surface area contributed by atoms with Gasteiger partial charge in [-0.3, -0.25) is 4.68 Å². The zero-order chi connectivity index (χ0) is 15.1. The van der Waals surface area contributed by atoms with Gasteiger partial charge < -0.3 is 5.73 Å². The lowest BCUT2D eigenvalue weighted by atomic mass is 9.83. The summed E-state index contributed by atoms with van der Waals surface area (Å²) in [7, 11) is 1.85. The van der Waals surface area contributed by atoms with Gasteiger partial charge >= 0.3 is 0 Å². The minimum Gasteiger partial charge on any atom is -0.383 e. The second kappa shape index (κ2) is 5.30. The molecule has 0 amide bonds. The fourth-order valence-corrected chi connectivity index (χ4v) is 2.64. The molecule has 1 aromatic heterocycles. The summed E-state index contributed by atoms with van der Waals surface area (Å²) >= 11 is 12.3. The Bertz CT molecular complexity index is 645. The summed E-state index contributed by atoms with van der Waals surface area (Å²) in [6, 6.07) is 5.44. The number of rotatable bonds is 3. The quantitative estimate of drug-likeness (QED) is 0.895. The Balaban J connectivity index is 2.73. The van der Waals surface area contributed by atoms with Crippen LogP contribution in [0.4, 0.5) is 5.82 Å². The number of nitrogen functional groups attached to an aromatic ring is 1. The van der Waals surface area contributed by atoms with Crippen molar-refractivity contribution in [2.75, 3.05) is 5.73 Å². The molecule has 5 heteroatoms. The lowest BCUT2D eigenvalue weighted by molar-refractivity contribution is 0.483. The lowest BCUT2D eigenvalue weighted by Crippen LogP contribution is -2.17. The summed E-state index contributed by atoms with van der Waals surface area (Å²) in [5, 5.41) is 5.79. The lowest BCUT2D eigenvalue weighted by Gasteiger charge is -2.22. The van der Waals surface area contributed by atoms with Gasteiger partial charge in [-0.25, -0.2) is 0 Å². The molecule has 2 N–H and O–H groups in total. The molecule has 0 aliphatic rings. The first kappa shape index (κ1) is 15.2. The molecule has 1 heterocycles. The molecule has 0 unspecified atom stereocenters. The van der Waals surface area contributed by atoms with Crippen molar-refractivity contribution < 1.29 is 0 Å². The number of nitrogens with two attached hydrogens (primary N) is 1. The van der Waals surface area contributed by atoms with Crippen LogP contribution in [0, 0.1) is 0 Å². The van der Waals surface area contributed by atoms with Crippen LogP contribution in [0.3, 0.4) is 0 Å². The third kappa shape index (κ3) is 2.52. The molecule has 2 aromatic rings. The number of benzene rings is 1. The van der Waals surface area contributed by atoms with Gasteiger partial charge in [-0.05, 0) is 18.6 Å². The smallest absolute Gasteiger partial charge is 0.129 e. The highest BCUT2D eigenvalue weighted by Crippen LogP contribution is 2.41.